The monoisotopic (exact) mass is 426 g/mol. The van der Waals surface area contributed by atoms with E-state index in [1.165, 1.54) is 0 Å². The number of hydrogen-bond donors (Lipinski definition) is 0. The summed E-state index contributed by atoms with van der Waals surface area (Å²) in [7, 11) is 0.190. The average molecular weight is 427 g/mol. The lowest BCUT2D eigenvalue weighted by Crippen LogP contribution is -2.55. The Labute approximate surface area is 181 Å². The van der Waals surface area contributed by atoms with E-state index in [-0.39, 0.29) is 5.91 Å². The van der Waals surface area contributed by atoms with Crippen LogP contribution in [0.5, 0.6) is 11.5 Å². The molecule has 162 valence electrons. The summed E-state index contributed by atoms with van der Waals surface area (Å²) in [5.41, 5.74) is 0.986. The maximum absolute atomic E-state index is 13.5. The van der Waals surface area contributed by atoms with E-state index in [2.05, 4.69) is 38.5 Å². The van der Waals surface area contributed by atoms with Crippen molar-refractivity contribution in [2.45, 2.75) is 45.1 Å². The summed E-state index contributed by atoms with van der Waals surface area (Å²) in [4.78, 5) is 17.7. The first-order valence-corrected chi connectivity index (χ1v) is 14.1. The van der Waals surface area contributed by atoms with Gasteiger partial charge in [-0.15, -0.1) is 0 Å². The molecule has 1 aliphatic heterocycles. The van der Waals surface area contributed by atoms with Crippen molar-refractivity contribution in [3.05, 3.63) is 60.2 Å². The number of amides is 1. The van der Waals surface area contributed by atoms with Gasteiger partial charge in [0.15, 0.2) is 8.32 Å². The van der Waals surface area contributed by atoms with Crippen LogP contribution in [0.2, 0.25) is 19.6 Å². The van der Waals surface area contributed by atoms with Crippen LogP contribution in [-0.2, 0) is 15.6 Å². The normalized spacial score (nSPS) is 18.8. The fourth-order valence-electron chi connectivity index (χ4n) is 3.65. The zero-order valence-electron chi connectivity index (χ0n) is 18.8. The van der Waals surface area contributed by atoms with E-state index >= 15 is 0 Å². The van der Waals surface area contributed by atoms with Crippen molar-refractivity contribution in [1.29, 1.82) is 0 Å². The lowest BCUT2D eigenvalue weighted by Gasteiger charge is -2.40. The smallest absolute Gasteiger partial charge is 0.250 e. The van der Waals surface area contributed by atoms with Crippen molar-refractivity contribution in [2.75, 3.05) is 26.7 Å². The molecule has 0 N–H and O–H groups in total. The van der Waals surface area contributed by atoms with Crippen LogP contribution in [0.3, 0.4) is 0 Å². The number of rotatable bonds is 7. The molecule has 5 nitrogen and oxygen atoms in total. The molecule has 30 heavy (non-hydrogen) atoms. The van der Waals surface area contributed by atoms with Gasteiger partial charge in [-0.1, -0.05) is 36.4 Å². The fraction of sp³-hybridized carbons (Fsp3) is 0.458. The van der Waals surface area contributed by atoms with Crippen LogP contribution in [0.4, 0.5) is 0 Å². The van der Waals surface area contributed by atoms with Gasteiger partial charge in [0, 0.05) is 32.1 Å². The topological polar surface area (TPSA) is 42.0 Å². The van der Waals surface area contributed by atoms with Gasteiger partial charge in [0.2, 0.25) is 0 Å². The van der Waals surface area contributed by atoms with Crippen LogP contribution in [-0.4, -0.2) is 62.9 Å². The summed E-state index contributed by atoms with van der Waals surface area (Å²) in [5.74, 6) is 1.64. The maximum atomic E-state index is 13.5. The van der Waals surface area contributed by atoms with E-state index in [9.17, 15) is 4.79 Å². The van der Waals surface area contributed by atoms with Crippen molar-refractivity contribution in [3.63, 3.8) is 0 Å². The Morgan fingerprint density at radius 3 is 2.40 bits per heavy atom. The summed E-state index contributed by atoms with van der Waals surface area (Å²) in [5, 5.41) is 0. The van der Waals surface area contributed by atoms with Crippen LogP contribution in [0.25, 0.3) is 0 Å². The second kappa shape index (κ2) is 9.77. The molecule has 2 aromatic carbocycles. The highest BCUT2D eigenvalue weighted by Crippen LogP contribution is 2.27. The first-order valence-electron chi connectivity index (χ1n) is 10.7. The lowest BCUT2D eigenvalue weighted by atomic mass is 10.0. The predicted molar refractivity (Wildman–Crippen MR) is 124 cm³/mol. The molecule has 0 saturated carbocycles. The Kier molecular flexibility index (Phi) is 7.34. The Morgan fingerprint density at radius 1 is 1.07 bits per heavy atom. The summed E-state index contributed by atoms with van der Waals surface area (Å²) in [6.45, 7) is 10.9. The molecule has 1 amide bonds. The van der Waals surface area contributed by atoms with Gasteiger partial charge in [-0.05, 0) is 57.4 Å². The third kappa shape index (κ3) is 6.17. The molecule has 0 aliphatic carbocycles. The van der Waals surface area contributed by atoms with E-state index in [0.29, 0.717) is 12.5 Å². The first-order chi connectivity index (χ1) is 14.2. The molecule has 2 aromatic rings. The van der Waals surface area contributed by atoms with Crippen LogP contribution in [0.1, 0.15) is 12.5 Å². The molecule has 3 rings (SSSR count). The Morgan fingerprint density at radius 2 is 1.73 bits per heavy atom. The molecule has 1 heterocycles. The summed E-state index contributed by atoms with van der Waals surface area (Å²) < 4.78 is 12.5. The van der Waals surface area contributed by atoms with E-state index in [4.69, 9.17) is 9.16 Å². The zero-order valence-corrected chi connectivity index (χ0v) is 19.8. The highest BCUT2D eigenvalue weighted by Gasteiger charge is 2.33. The van der Waals surface area contributed by atoms with Crippen molar-refractivity contribution < 1.29 is 14.0 Å². The van der Waals surface area contributed by atoms with E-state index in [1.807, 2.05) is 59.5 Å². The second-order valence-corrected chi connectivity index (χ2v) is 13.5. The fourth-order valence-corrected chi connectivity index (χ4v) is 4.68. The molecule has 0 aromatic heterocycles. The minimum atomic E-state index is -1.92. The Bertz CT molecular complexity index is 838. The van der Waals surface area contributed by atoms with Gasteiger partial charge in [0.05, 0.1) is 0 Å². The SMILES string of the molecule is CC1CN(C(=O)C(Cc2ccccc2Oc2ccccc2)O[Si](C)(C)C)CCN1C. The minimum Gasteiger partial charge on any atom is -0.457 e. The van der Waals surface area contributed by atoms with Crippen LogP contribution in [0, 0.1) is 0 Å². The predicted octanol–water partition coefficient (Wildman–Crippen LogP) is 4.40. The summed E-state index contributed by atoms with van der Waals surface area (Å²) >= 11 is 0. The number of likely N-dealkylation sites (N-methyl/N-ethyl adjacent to an activating group) is 1. The van der Waals surface area contributed by atoms with Crippen LogP contribution >= 0.6 is 0 Å². The van der Waals surface area contributed by atoms with Gasteiger partial charge in [0.1, 0.15) is 17.6 Å². The number of para-hydroxylation sites is 2. The van der Waals surface area contributed by atoms with Gasteiger partial charge in [-0.2, -0.15) is 0 Å². The van der Waals surface area contributed by atoms with Gasteiger partial charge < -0.3 is 19.0 Å². The molecule has 2 unspecified atom stereocenters. The molecule has 0 spiro atoms. The summed E-state index contributed by atoms with van der Waals surface area (Å²) in [6, 6.07) is 18.0. The molecule has 1 aliphatic rings. The number of hydrogen-bond acceptors (Lipinski definition) is 4. The highest BCUT2D eigenvalue weighted by molar-refractivity contribution is 6.69. The van der Waals surface area contributed by atoms with Gasteiger partial charge >= 0.3 is 0 Å². The summed E-state index contributed by atoms with van der Waals surface area (Å²) in [6.07, 6.45) is 0.0140. The number of nitrogens with zero attached hydrogens (tertiary/aromatic N) is 2. The maximum Gasteiger partial charge on any atom is 0.250 e. The molecular formula is C24H34N2O3Si. The van der Waals surface area contributed by atoms with Crippen molar-refractivity contribution in [2.24, 2.45) is 0 Å². The highest BCUT2D eigenvalue weighted by atomic mass is 28.4. The molecular weight excluding hydrogens is 392 g/mol. The Hall–Kier alpha value is -2.15. The number of benzene rings is 2. The molecule has 1 saturated heterocycles. The van der Waals surface area contributed by atoms with Crippen molar-refractivity contribution >= 4 is 14.2 Å². The first kappa shape index (κ1) is 22.5. The average Bonchev–Trinajstić information content (AvgIpc) is 2.70. The van der Waals surface area contributed by atoms with E-state index in [1.54, 1.807) is 0 Å². The zero-order chi connectivity index (χ0) is 21.7. The third-order valence-electron chi connectivity index (χ3n) is 5.39. The van der Waals surface area contributed by atoms with Gasteiger partial charge in [-0.3, -0.25) is 4.79 Å². The number of piperazine rings is 1. The van der Waals surface area contributed by atoms with Crippen LogP contribution in [0.15, 0.2) is 54.6 Å². The standard InChI is InChI=1S/C24H34N2O3Si/c1-19-18-26(16-15-25(19)2)24(27)23(29-30(3,4)5)17-20-11-9-10-14-22(20)28-21-12-7-6-8-13-21/h6-14,19,23H,15-18H2,1-5H3. The van der Waals surface area contributed by atoms with Gasteiger partial charge in [-0.25, -0.2) is 0 Å². The molecule has 1 fully saturated rings. The quantitative estimate of drug-likeness (QED) is 0.615. The molecule has 6 heteroatoms. The lowest BCUT2D eigenvalue weighted by molar-refractivity contribution is -0.141. The minimum absolute atomic E-state index is 0.0897. The molecule has 2 atom stereocenters. The largest absolute Gasteiger partial charge is 0.457 e. The van der Waals surface area contributed by atoms with E-state index < -0.39 is 14.4 Å². The van der Waals surface area contributed by atoms with Crippen molar-refractivity contribution in [1.82, 2.24) is 9.80 Å². The van der Waals surface area contributed by atoms with Crippen molar-refractivity contribution in [3.8, 4) is 11.5 Å². The Balaban J connectivity index is 1.81. The molecule has 0 radical (unpaired) electrons. The van der Waals surface area contributed by atoms with Gasteiger partial charge in [0.25, 0.3) is 5.91 Å². The third-order valence-corrected chi connectivity index (χ3v) is 6.38. The number of carbonyl (C=O) groups excluding carboxylic acids is 1. The number of carbonyl (C=O) groups is 1. The van der Waals surface area contributed by atoms with Crippen LogP contribution < -0.4 is 4.74 Å². The number of ether oxygens (including phenoxy) is 1. The van der Waals surface area contributed by atoms with E-state index in [0.717, 1.165) is 36.7 Å². The second-order valence-electron chi connectivity index (χ2n) is 9.06. The molecule has 0 bridgehead atoms.